The van der Waals surface area contributed by atoms with Gasteiger partial charge in [-0.1, -0.05) is 19.9 Å². The van der Waals surface area contributed by atoms with E-state index in [1.165, 1.54) is 14.2 Å². The number of ether oxygens (including phenoxy) is 3. The van der Waals surface area contributed by atoms with Crippen LogP contribution in [0.3, 0.4) is 0 Å². The molecule has 24 heavy (non-hydrogen) atoms. The summed E-state index contributed by atoms with van der Waals surface area (Å²) in [7, 11) is 2.93. The molecule has 132 valence electrons. The summed E-state index contributed by atoms with van der Waals surface area (Å²) in [5, 5.41) is 0. The zero-order chi connectivity index (χ0) is 17.7. The largest absolute Gasteiger partial charge is 0.496 e. The lowest BCUT2D eigenvalue weighted by Crippen LogP contribution is -2.44. The number of carbonyl (C=O) groups excluding carboxylic acids is 2. The van der Waals surface area contributed by atoms with Crippen molar-refractivity contribution in [1.29, 1.82) is 0 Å². The highest BCUT2D eigenvalue weighted by Crippen LogP contribution is 2.29. The highest BCUT2D eigenvalue weighted by atomic mass is 16.5. The molecule has 0 unspecified atom stereocenters. The number of esters is 1. The van der Waals surface area contributed by atoms with Gasteiger partial charge < -0.3 is 19.1 Å². The summed E-state index contributed by atoms with van der Waals surface area (Å²) in [4.78, 5) is 26.5. The van der Waals surface area contributed by atoms with Gasteiger partial charge in [-0.3, -0.25) is 4.79 Å². The smallest absolute Gasteiger partial charge is 0.346 e. The first-order valence-electron chi connectivity index (χ1n) is 8.12. The fraction of sp³-hybridized carbons (Fsp3) is 0.556. The van der Waals surface area contributed by atoms with Gasteiger partial charge in [0.1, 0.15) is 17.1 Å². The van der Waals surface area contributed by atoms with Crippen LogP contribution in [0.15, 0.2) is 18.2 Å². The summed E-state index contributed by atoms with van der Waals surface area (Å²) in [6.45, 7) is 5.39. The van der Waals surface area contributed by atoms with Gasteiger partial charge in [-0.25, -0.2) is 4.79 Å². The van der Waals surface area contributed by atoms with Gasteiger partial charge in [-0.05, 0) is 30.4 Å². The molecule has 1 saturated heterocycles. The number of rotatable bonds is 5. The molecule has 0 saturated carbocycles. The minimum atomic E-state index is -0.629. The van der Waals surface area contributed by atoms with Crippen molar-refractivity contribution in [3.05, 3.63) is 23.8 Å². The number of likely N-dealkylation sites (tertiary alicyclic amines) is 1. The highest BCUT2D eigenvalue weighted by molar-refractivity contribution is 5.96. The molecule has 0 aromatic heterocycles. The average Bonchev–Trinajstić information content (AvgIpc) is 2.57. The van der Waals surface area contributed by atoms with Gasteiger partial charge in [-0.2, -0.15) is 0 Å². The molecule has 1 amide bonds. The van der Waals surface area contributed by atoms with Gasteiger partial charge in [0.25, 0.3) is 5.91 Å². The minimum absolute atomic E-state index is 0.171. The Morgan fingerprint density at radius 3 is 2.12 bits per heavy atom. The van der Waals surface area contributed by atoms with Crippen LogP contribution in [-0.4, -0.2) is 50.7 Å². The number of carbonyl (C=O) groups is 2. The lowest BCUT2D eigenvalue weighted by atomic mass is 9.92. The minimum Gasteiger partial charge on any atom is -0.496 e. The Morgan fingerprint density at radius 2 is 1.62 bits per heavy atom. The van der Waals surface area contributed by atoms with Gasteiger partial charge in [0.05, 0.1) is 14.2 Å². The van der Waals surface area contributed by atoms with Gasteiger partial charge in [0.15, 0.2) is 6.61 Å². The second-order valence-electron chi connectivity index (χ2n) is 6.36. The molecule has 1 aliphatic heterocycles. The van der Waals surface area contributed by atoms with Crippen molar-refractivity contribution >= 4 is 11.9 Å². The number of piperidine rings is 1. The van der Waals surface area contributed by atoms with Crippen LogP contribution >= 0.6 is 0 Å². The summed E-state index contributed by atoms with van der Waals surface area (Å²) >= 11 is 0. The zero-order valence-corrected chi connectivity index (χ0v) is 14.7. The molecule has 2 rings (SSSR count). The summed E-state index contributed by atoms with van der Waals surface area (Å²) in [5.74, 6) is 0.829. The molecule has 0 bridgehead atoms. The quantitative estimate of drug-likeness (QED) is 0.773. The number of benzene rings is 1. The Labute approximate surface area is 142 Å². The number of hydrogen-bond donors (Lipinski definition) is 0. The number of methoxy groups -OCH3 is 2. The van der Waals surface area contributed by atoms with Crippen LogP contribution < -0.4 is 9.47 Å². The maximum Gasteiger partial charge on any atom is 0.346 e. The number of amides is 1. The molecular weight excluding hydrogens is 310 g/mol. The number of nitrogens with zero attached hydrogens (tertiary/aromatic N) is 1. The van der Waals surface area contributed by atoms with E-state index in [1.54, 1.807) is 23.1 Å². The van der Waals surface area contributed by atoms with E-state index in [2.05, 4.69) is 13.8 Å². The molecule has 6 nitrogen and oxygen atoms in total. The maximum atomic E-state index is 12.4. The first-order valence-corrected chi connectivity index (χ1v) is 8.12. The molecule has 6 heteroatoms. The first kappa shape index (κ1) is 18.1. The van der Waals surface area contributed by atoms with Gasteiger partial charge >= 0.3 is 5.97 Å². The van der Waals surface area contributed by atoms with E-state index in [0.29, 0.717) is 36.4 Å². The molecule has 1 aromatic rings. The van der Waals surface area contributed by atoms with Crippen LogP contribution in [0.4, 0.5) is 0 Å². The van der Waals surface area contributed by atoms with Gasteiger partial charge in [-0.15, -0.1) is 0 Å². The molecule has 1 fully saturated rings. The summed E-state index contributed by atoms with van der Waals surface area (Å²) in [6, 6.07) is 5.01. The summed E-state index contributed by atoms with van der Waals surface area (Å²) < 4.78 is 15.6. The van der Waals surface area contributed by atoms with Crippen LogP contribution in [0.5, 0.6) is 11.5 Å². The van der Waals surface area contributed by atoms with Gasteiger partial charge in [0, 0.05) is 13.1 Å². The van der Waals surface area contributed by atoms with Crippen molar-refractivity contribution in [3.63, 3.8) is 0 Å². The highest BCUT2D eigenvalue weighted by Gasteiger charge is 2.27. The fourth-order valence-corrected chi connectivity index (χ4v) is 3.21. The second-order valence-corrected chi connectivity index (χ2v) is 6.36. The van der Waals surface area contributed by atoms with Crippen molar-refractivity contribution in [2.24, 2.45) is 11.8 Å². The molecular formula is C18H25NO5. The van der Waals surface area contributed by atoms with E-state index in [-0.39, 0.29) is 18.1 Å². The Hall–Kier alpha value is -2.24. The zero-order valence-electron chi connectivity index (χ0n) is 14.7. The molecule has 1 aliphatic rings. The molecule has 1 aromatic carbocycles. The van der Waals surface area contributed by atoms with Crippen LogP contribution in [0, 0.1) is 11.8 Å². The lowest BCUT2D eigenvalue weighted by molar-refractivity contribution is -0.137. The standard InChI is InChI=1S/C18H25NO5/c1-12-8-13(2)10-19(9-12)16(20)11-24-18(21)17-14(22-3)6-5-7-15(17)23-4/h5-7,12-13H,8-11H2,1-4H3/t12-,13-/m1/s1. The van der Waals surface area contributed by atoms with Crippen molar-refractivity contribution < 1.29 is 23.8 Å². The van der Waals surface area contributed by atoms with E-state index < -0.39 is 5.97 Å². The molecule has 0 aliphatic carbocycles. The van der Waals surface area contributed by atoms with E-state index in [0.717, 1.165) is 6.42 Å². The van der Waals surface area contributed by atoms with Crippen LogP contribution in [0.25, 0.3) is 0 Å². The van der Waals surface area contributed by atoms with Crippen molar-refractivity contribution in [2.45, 2.75) is 20.3 Å². The van der Waals surface area contributed by atoms with E-state index in [1.807, 2.05) is 0 Å². The number of hydrogen-bond acceptors (Lipinski definition) is 5. The predicted molar refractivity (Wildman–Crippen MR) is 89.4 cm³/mol. The van der Waals surface area contributed by atoms with Crippen LogP contribution in [0.1, 0.15) is 30.6 Å². The SMILES string of the molecule is COc1cccc(OC)c1C(=O)OCC(=O)N1C[C@H](C)C[C@@H](C)C1. The maximum absolute atomic E-state index is 12.4. The van der Waals surface area contributed by atoms with Gasteiger partial charge in [0.2, 0.25) is 0 Å². The fourth-order valence-electron chi connectivity index (χ4n) is 3.21. The summed E-state index contributed by atoms with van der Waals surface area (Å²) in [5.41, 5.74) is 0.190. The van der Waals surface area contributed by atoms with Crippen molar-refractivity contribution in [3.8, 4) is 11.5 Å². The van der Waals surface area contributed by atoms with E-state index in [9.17, 15) is 9.59 Å². The topological polar surface area (TPSA) is 65.1 Å². The van der Waals surface area contributed by atoms with Crippen LogP contribution in [-0.2, 0) is 9.53 Å². The molecule has 2 atom stereocenters. The molecule has 1 heterocycles. The third-order valence-electron chi connectivity index (χ3n) is 4.18. The third kappa shape index (κ3) is 4.19. The monoisotopic (exact) mass is 335 g/mol. The third-order valence-corrected chi connectivity index (χ3v) is 4.18. The Bertz CT molecular complexity index is 569. The van der Waals surface area contributed by atoms with Crippen LogP contribution in [0.2, 0.25) is 0 Å². The molecule has 0 N–H and O–H groups in total. The van der Waals surface area contributed by atoms with E-state index >= 15 is 0 Å². The second kappa shape index (κ2) is 8.04. The van der Waals surface area contributed by atoms with Crippen molar-refractivity contribution in [2.75, 3.05) is 33.9 Å². The normalized spacial score (nSPS) is 20.4. The van der Waals surface area contributed by atoms with Crippen molar-refractivity contribution in [1.82, 2.24) is 4.90 Å². The lowest BCUT2D eigenvalue weighted by Gasteiger charge is -2.34. The molecule has 0 radical (unpaired) electrons. The van der Waals surface area contributed by atoms with E-state index in [4.69, 9.17) is 14.2 Å². The Balaban J connectivity index is 2.02. The predicted octanol–water partition coefficient (Wildman–Crippen LogP) is 2.37. The molecule has 0 spiro atoms. The summed E-state index contributed by atoms with van der Waals surface area (Å²) in [6.07, 6.45) is 1.11. The Kier molecular flexibility index (Phi) is 6.06. The first-order chi connectivity index (χ1) is 11.5. The Morgan fingerprint density at radius 1 is 1.08 bits per heavy atom. The average molecular weight is 335 g/mol.